The van der Waals surface area contributed by atoms with Crippen molar-refractivity contribution in [3.8, 4) is 0 Å². The van der Waals surface area contributed by atoms with Crippen LogP contribution < -0.4 is 5.32 Å². The van der Waals surface area contributed by atoms with E-state index in [9.17, 15) is 18.0 Å². The third-order valence-corrected chi connectivity index (χ3v) is 3.88. The summed E-state index contributed by atoms with van der Waals surface area (Å²) >= 11 is 1.39. The lowest BCUT2D eigenvalue weighted by Crippen LogP contribution is -2.44. The van der Waals surface area contributed by atoms with Crippen molar-refractivity contribution in [2.24, 2.45) is 0 Å². The van der Waals surface area contributed by atoms with E-state index >= 15 is 0 Å². The summed E-state index contributed by atoms with van der Waals surface area (Å²) in [5.41, 5.74) is 1.71. The van der Waals surface area contributed by atoms with Crippen molar-refractivity contribution in [2.45, 2.75) is 19.1 Å². The SMILES string of the molecule is O=C(NCCc1ccccc1)N(Cc1ccsc1)CC(F)(F)F. The van der Waals surface area contributed by atoms with Gasteiger partial charge in [0.2, 0.25) is 0 Å². The van der Waals surface area contributed by atoms with Gasteiger partial charge >= 0.3 is 12.2 Å². The number of hydrogen-bond donors (Lipinski definition) is 1. The second kappa shape index (κ2) is 8.01. The van der Waals surface area contributed by atoms with E-state index in [0.717, 1.165) is 10.5 Å². The Morgan fingerprint density at radius 3 is 2.48 bits per heavy atom. The van der Waals surface area contributed by atoms with Crippen LogP contribution in [0.3, 0.4) is 0 Å². The Kier molecular flexibility index (Phi) is 6.04. The summed E-state index contributed by atoms with van der Waals surface area (Å²) in [6, 6.07) is 10.5. The molecule has 2 rings (SSSR count). The summed E-state index contributed by atoms with van der Waals surface area (Å²) in [7, 11) is 0. The van der Waals surface area contributed by atoms with Gasteiger partial charge in [0.15, 0.2) is 0 Å². The highest BCUT2D eigenvalue weighted by Crippen LogP contribution is 2.19. The van der Waals surface area contributed by atoms with E-state index in [1.807, 2.05) is 30.3 Å². The van der Waals surface area contributed by atoms with Crippen molar-refractivity contribution in [1.82, 2.24) is 10.2 Å². The minimum Gasteiger partial charge on any atom is -0.338 e. The molecular formula is C16H17F3N2OS. The summed E-state index contributed by atoms with van der Waals surface area (Å²) < 4.78 is 38.0. The van der Waals surface area contributed by atoms with Gasteiger partial charge in [0.05, 0.1) is 0 Å². The molecule has 2 amide bonds. The quantitative estimate of drug-likeness (QED) is 0.843. The van der Waals surface area contributed by atoms with Gasteiger partial charge in [-0.2, -0.15) is 24.5 Å². The van der Waals surface area contributed by atoms with Crippen LogP contribution in [0.25, 0.3) is 0 Å². The zero-order chi connectivity index (χ0) is 16.7. The summed E-state index contributed by atoms with van der Waals surface area (Å²) in [6.07, 6.45) is -3.85. The number of amides is 2. The molecule has 7 heteroatoms. The van der Waals surface area contributed by atoms with Crippen LogP contribution in [0.5, 0.6) is 0 Å². The molecular weight excluding hydrogens is 325 g/mol. The van der Waals surface area contributed by atoms with Gasteiger partial charge in [0, 0.05) is 13.1 Å². The van der Waals surface area contributed by atoms with E-state index in [1.54, 1.807) is 16.8 Å². The largest absolute Gasteiger partial charge is 0.406 e. The molecule has 0 aliphatic heterocycles. The molecule has 0 fully saturated rings. The first-order valence-electron chi connectivity index (χ1n) is 7.08. The van der Waals surface area contributed by atoms with Crippen molar-refractivity contribution in [1.29, 1.82) is 0 Å². The molecule has 0 radical (unpaired) electrons. The maximum absolute atomic E-state index is 12.7. The number of halogens is 3. The van der Waals surface area contributed by atoms with Crippen LogP contribution in [-0.4, -0.2) is 30.2 Å². The number of rotatable bonds is 6. The molecule has 0 saturated heterocycles. The molecule has 1 heterocycles. The molecule has 1 aromatic heterocycles. The first-order valence-corrected chi connectivity index (χ1v) is 8.03. The van der Waals surface area contributed by atoms with Crippen molar-refractivity contribution >= 4 is 17.4 Å². The normalized spacial score (nSPS) is 11.3. The number of hydrogen-bond acceptors (Lipinski definition) is 2. The second-order valence-corrected chi connectivity index (χ2v) is 5.85. The van der Waals surface area contributed by atoms with Crippen LogP contribution in [0.4, 0.5) is 18.0 Å². The second-order valence-electron chi connectivity index (χ2n) is 5.07. The van der Waals surface area contributed by atoms with E-state index in [4.69, 9.17) is 0 Å². The highest BCUT2D eigenvalue weighted by atomic mass is 32.1. The first-order chi connectivity index (χ1) is 10.9. The number of nitrogens with zero attached hydrogens (tertiary/aromatic N) is 1. The average Bonchev–Trinajstić information content (AvgIpc) is 2.99. The molecule has 0 bridgehead atoms. The third-order valence-electron chi connectivity index (χ3n) is 3.14. The van der Waals surface area contributed by atoms with Crippen molar-refractivity contribution in [3.63, 3.8) is 0 Å². The number of carbonyl (C=O) groups is 1. The number of carbonyl (C=O) groups excluding carboxylic acids is 1. The van der Waals surface area contributed by atoms with E-state index in [1.165, 1.54) is 11.3 Å². The minimum atomic E-state index is -4.42. The van der Waals surface area contributed by atoms with Gasteiger partial charge in [0.25, 0.3) is 0 Å². The lowest BCUT2D eigenvalue weighted by molar-refractivity contribution is -0.140. The molecule has 0 saturated carbocycles. The summed E-state index contributed by atoms with van der Waals surface area (Å²) in [5.74, 6) is 0. The number of alkyl halides is 3. The Morgan fingerprint density at radius 1 is 1.13 bits per heavy atom. The van der Waals surface area contributed by atoms with Crippen LogP contribution >= 0.6 is 11.3 Å². The highest BCUT2D eigenvalue weighted by Gasteiger charge is 2.33. The molecule has 0 unspecified atom stereocenters. The van der Waals surface area contributed by atoms with E-state index in [0.29, 0.717) is 18.5 Å². The molecule has 3 nitrogen and oxygen atoms in total. The zero-order valence-corrected chi connectivity index (χ0v) is 13.2. The van der Waals surface area contributed by atoms with Crippen LogP contribution in [0.2, 0.25) is 0 Å². The van der Waals surface area contributed by atoms with Crippen LogP contribution in [0, 0.1) is 0 Å². The molecule has 124 valence electrons. The Bertz CT molecular complexity index is 600. The van der Waals surface area contributed by atoms with Gasteiger partial charge in [-0.25, -0.2) is 4.79 Å². The standard InChI is InChI=1S/C16H17F3N2OS/c17-16(18,19)12-21(10-14-7-9-23-11-14)15(22)20-8-6-13-4-2-1-3-5-13/h1-5,7,9,11H,6,8,10,12H2,(H,20,22). The fourth-order valence-corrected chi connectivity index (χ4v) is 2.75. The molecule has 0 spiro atoms. The van der Waals surface area contributed by atoms with Crippen molar-refractivity contribution in [2.75, 3.05) is 13.1 Å². The molecule has 0 aliphatic carbocycles. The summed E-state index contributed by atoms with van der Waals surface area (Å²) in [5, 5.41) is 6.07. The summed E-state index contributed by atoms with van der Waals surface area (Å²) in [4.78, 5) is 12.8. The highest BCUT2D eigenvalue weighted by molar-refractivity contribution is 7.07. The average molecular weight is 342 g/mol. The first kappa shape index (κ1) is 17.3. The van der Waals surface area contributed by atoms with Gasteiger partial charge in [-0.3, -0.25) is 0 Å². The maximum atomic E-state index is 12.7. The predicted octanol–water partition coefficient (Wildman–Crippen LogP) is 4.06. The smallest absolute Gasteiger partial charge is 0.338 e. The van der Waals surface area contributed by atoms with Crippen LogP contribution in [0.15, 0.2) is 47.2 Å². The van der Waals surface area contributed by atoms with Crippen molar-refractivity contribution in [3.05, 3.63) is 58.3 Å². The van der Waals surface area contributed by atoms with E-state index < -0.39 is 18.8 Å². The Balaban J connectivity index is 1.90. The third kappa shape index (κ3) is 6.32. The molecule has 0 atom stereocenters. The van der Waals surface area contributed by atoms with E-state index in [-0.39, 0.29) is 6.54 Å². The van der Waals surface area contributed by atoms with Gasteiger partial charge < -0.3 is 10.2 Å². The molecule has 1 aromatic carbocycles. The number of benzene rings is 1. The van der Waals surface area contributed by atoms with Crippen LogP contribution in [0.1, 0.15) is 11.1 Å². The molecule has 2 aromatic rings. The van der Waals surface area contributed by atoms with Gasteiger partial charge in [-0.15, -0.1) is 0 Å². The fourth-order valence-electron chi connectivity index (χ4n) is 2.09. The monoisotopic (exact) mass is 342 g/mol. The number of urea groups is 1. The molecule has 23 heavy (non-hydrogen) atoms. The van der Waals surface area contributed by atoms with Crippen molar-refractivity contribution < 1.29 is 18.0 Å². The molecule has 0 aliphatic rings. The Labute approximate surface area is 136 Å². The van der Waals surface area contributed by atoms with Gasteiger partial charge in [-0.05, 0) is 34.4 Å². The fraction of sp³-hybridized carbons (Fsp3) is 0.312. The number of thiophene rings is 1. The minimum absolute atomic E-state index is 0.0554. The van der Waals surface area contributed by atoms with Crippen LogP contribution in [-0.2, 0) is 13.0 Å². The molecule has 1 N–H and O–H groups in total. The zero-order valence-electron chi connectivity index (χ0n) is 12.3. The van der Waals surface area contributed by atoms with Gasteiger partial charge in [0.1, 0.15) is 6.54 Å². The Morgan fingerprint density at radius 2 is 1.87 bits per heavy atom. The predicted molar refractivity (Wildman–Crippen MR) is 84.3 cm³/mol. The number of nitrogens with one attached hydrogen (secondary N) is 1. The Hall–Kier alpha value is -2.02. The maximum Gasteiger partial charge on any atom is 0.406 e. The lowest BCUT2D eigenvalue weighted by Gasteiger charge is -2.24. The van der Waals surface area contributed by atoms with Gasteiger partial charge in [-0.1, -0.05) is 30.3 Å². The topological polar surface area (TPSA) is 32.3 Å². The summed E-state index contributed by atoms with van der Waals surface area (Å²) in [6.45, 7) is -1.03. The lowest BCUT2D eigenvalue weighted by atomic mass is 10.1. The van der Waals surface area contributed by atoms with E-state index in [2.05, 4.69) is 5.32 Å².